The first-order valence-corrected chi connectivity index (χ1v) is 14.1. The second-order valence-electron chi connectivity index (χ2n) is 10.7. The highest BCUT2D eigenvalue weighted by Crippen LogP contribution is 2.43. The van der Waals surface area contributed by atoms with Gasteiger partial charge >= 0.3 is 5.97 Å². The van der Waals surface area contributed by atoms with Crippen molar-refractivity contribution < 1.29 is 33.5 Å². The van der Waals surface area contributed by atoms with Gasteiger partial charge in [0.15, 0.2) is 23.9 Å². The molecule has 1 aromatic heterocycles. The van der Waals surface area contributed by atoms with E-state index in [1.807, 2.05) is 88.4 Å². The fourth-order valence-corrected chi connectivity index (χ4v) is 6.03. The number of methoxy groups -OCH3 is 1. The molecule has 5 rings (SSSR count). The van der Waals surface area contributed by atoms with E-state index in [4.69, 9.17) is 14.2 Å². The van der Waals surface area contributed by atoms with Crippen molar-refractivity contribution >= 4 is 17.6 Å². The lowest BCUT2D eigenvalue weighted by atomic mass is 9.83. The Morgan fingerprint density at radius 1 is 1.12 bits per heavy atom. The third kappa shape index (κ3) is 6.15. The van der Waals surface area contributed by atoms with Crippen molar-refractivity contribution in [1.29, 1.82) is 0 Å². The van der Waals surface area contributed by atoms with Gasteiger partial charge in [-0.2, -0.15) is 0 Å². The Hall–Kier alpha value is -4.11. The normalized spacial score (nSPS) is 19.7. The number of ether oxygens (including phenoxy) is 3. The molecule has 0 aliphatic carbocycles. The van der Waals surface area contributed by atoms with Crippen LogP contribution in [-0.4, -0.2) is 61.5 Å². The van der Waals surface area contributed by atoms with Crippen LogP contribution in [0.4, 0.5) is 5.69 Å². The first-order valence-electron chi connectivity index (χ1n) is 14.1. The zero-order valence-corrected chi connectivity index (χ0v) is 23.9. The van der Waals surface area contributed by atoms with Gasteiger partial charge in [-0.05, 0) is 48.2 Å². The zero-order chi connectivity index (χ0) is 28.9. The molecule has 3 heterocycles. The number of hydrogen-bond acceptors (Lipinski definition) is 6. The van der Waals surface area contributed by atoms with Crippen LogP contribution in [0.25, 0.3) is 0 Å². The lowest BCUT2D eigenvalue weighted by molar-refractivity contribution is -0.670. The summed E-state index contributed by atoms with van der Waals surface area (Å²) in [5, 5.41) is 10.6. The van der Waals surface area contributed by atoms with E-state index in [0.717, 1.165) is 29.7 Å². The molecule has 0 radical (unpaired) electrons. The van der Waals surface area contributed by atoms with Crippen LogP contribution in [0.15, 0.2) is 67.0 Å². The summed E-state index contributed by atoms with van der Waals surface area (Å²) >= 11 is 0. The molecule has 1 saturated heterocycles. The van der Waals surface area contributed by atoms with Gasteiger partial charge in [0.05, 0.1) is 19.6 Å². The zero-order valence-electron chi connectivity index (χ0n) is 23.9. The van der Waals surface area contributed by atoms with E-state index < -0.39 is 17.9 Å². The maximum atomic E-state index is 14.0. The van der Waals surface area contributed by atoms with Crippen molar-refractivity contribution in [3.63, 3.8) is 0 Å². The largest absolute Gasteiger partial charge is 0.496 e. The first kappa shape index (κ1) is 28.4. The highest BCUT2D eigenvalue weighted by atomic mass is 16.7. The predicted octanol–water partition coefficient (Wildman–Crippen LogP) is 3.79. The standard InChI is InChI=1S/C32H37N3O6/c1-4-5-15-35(24-10-8-14-33(2)18-24)30(36)20-34-19-25(22-12-13-28-29(17-22)41-21-40-28)31(32(37)38)26(34)16-23-9-6-7-11-27(23)39-3/h6-14,17-18,25-26,31H,4-5,15-16,19-21H2,1-3H3/p+1/t25-,26+,31-/m1/s1. The molecular formula is C32H38N3O6+. The van der Waals surface area contributed by atoms with Crippen LogP contribution >= 0.6 is 0 Å². The van der Waals surface area contributed by atoms with Gasteiger partial charge in [0.25, 0.3) is 0 Å². The minimum atomic E-state index is -0.888. The van der Waals surface area contributed by atoms with Crippen LogP contribution in [0.3, 0.4) is 0 Å². The number of carboxylic acid groups (broad SMARTS) is 1. The molecule has 0 unspecified atom stereocenters. The van der Waals surface area contributed by atoms with Gasteiger partial charge in [0.1, 0.15) is 18.5 Å². The van der Waals surface area contributed by atoms with E-state index in [9.17, 15) is 14.7 Å². The molecule has 1 fully saturated rings. The number of benzene rings is 2. The summed E-state index contributed by atoms with van der Waals surface area (Å²) in [4.78, 5) is 30.8. The summed E-state index contributed by atoms with van der Waals surface area (Å²) in [7, 11) is 3.55. The van der Waals surface area contributed by atoms with Crippen molar-refractivity contribution in [1.82, 2.24) is 4.90 Å². The number of nitrogens with zero attached hydrogens (tertiary/aromatic N) is 3. The number of likely N-dealkylation sites (tertiary alicyclic amines) is 1. The number of amides is 1. The average Bonchev–Trinajstić information content (AvgIpc) is 3.58. The maximum absolute atomic E-state index is 14.0. The number of unbranched alkanes of at least 4 members (excludes halogenated alkanes) is 1. The van der Waals surface area contributed by atoms with Crippen LogP contribution in [0.1, 0.15) is 36.8 Å². The van der Waals surface area contributed by atoms with Crippen LogP contribution in [0.5, 0.6) is 17.2 Å². The number of carbonyl (C=O) groups excluding carboxylic acids is 1. The van der Waals surface area contributed by atoms with E-state index in [0.29, 0.717) is 36.8 Å². The number of aliphatic carboxylic acids is 1. The highest BCUT2D eigenvalue weighted by Gasteiger charge is 2.47. The Labute approximate surface area is 240 Å². The van der Waals surface area contributed by atoms with Gasteiger partial charge < -0.3 is 24.2 Å². The molecule has 1 N–H and O–H groups in total. The average molecular weight is 561 g/mol. The number of pyridine rings is 1. The first-order chi connectivity index (χ1) is 19.9. The van der Waals surface area contributed by atoms with Gasteiger partial charge in [-0.25, -0.2) is 4.57 Å². The smallest absolute Gasteiger partial charge is 0.308 e. The fourth-order valence-electron chi connectivity index (χ4n) is 6.03. The highest BCUT2D eigenvalue weighted by molar-refractivity contribution is 5.94. The molecule has 3 aromatic rings. The van der Waals surface area contributed by atoms with Crippen LogP contribution in [-0.2, 0) is 23.1 Å². The Morgan fingerprint density at radius 3 is 2.68 bits per heavy atom. The predicted molar refractivity (Wildman–Crippen MR) is 153 cm³/mol. The van der Waals surface area contributed by atoms with Gasteiger partial charge in [0.2, 0.25) is 12.7 Å². The maximum Gasteiger partial charge on any atom is 0.308 e. The molecular weight excluding hydrogens is 522 g/mol. The van der Waals surface area contributed by atoms with E-state index >= 15 is 0 Å². The molecule has 3 atom stereocenters. The number of carbonyl (C=O) groups is 2. The second kappa shape index (κ2) is 12.6. The van der Waals surface area contributed by atoms with E-state index in [-0.39, 0.29) is 25.2 Å². The molecule has 216 valence electrons. The minimum absolute atomic E-state index is 0.0508. The molecule has 2 aliphatic rings. The molecule has 0 saturated carbocycles. The van der Waals surface area contributed by atoms with E-state index in [1.54, 1.807) is 7.11 Å². The number of rotatable bonds is 11. The summed E-state index contributed by atoms with van der Waals surface area (Å²) in [6.45, 7) is 3.37. The number of para-hydroxylation sites is 1. The Morgan fingerprint density at radius 2 is 1.93 bits per heavy atom. The van der Waals surface area contributed by atoms with Gasteiger partial charge in [-0.3, -0.25) is 14.5 Å². The van der Waals surface area contributed by atoms with E-state index in [1.165, 1.54) is 0 Å². The number of hydrogen-bond donors (Lipinski definition) is 1. The van der Waals surface area contributed by atoms with Crippen molar-refractivity contribution in [2.45, 2.75) is 38.1 Å². The fraction of sp³-hybridized carbons (Fsp3) is 0.406. The lowest BCUT2D eigenvalue weighted by Gasteiger charge is -2.29. The second-order valence-corrected chi connectivity index (χ2v) is 10.7. The van der Waals surface area contributed by atoms with Gasteiger partial charge in [-0.1, -0.05) is 37.6 Å². The van der Waals surface area contributed by atoms with Crippen LogP contribution in [0.2, 0.25) is 0 Å². The van der Waals surface area contributed by atoms with Crippen molar-refractivity contribution in [3.05, 3.63) is 78.1 Å². The van der Waals surface area contributed by atoms with Crippen LogP contribution < -0.4 is 23.7 Å². The molecule has 9 heteroatoms. The number of aromatic nitrogens is 1. The SMILES string of the molecule is CCCCN(C(=O)CN1C[C@H](c2ccc3c(c2)OCO3)[C@@H](C(=O)O)[C@@H]1Cc1ccccc1OC)c1ccc[n+](C)c1. The summed E-state index contributed by atoms with van der Waals surface area (Å²) < 4.78 is 18.6. The topological polar surface area (TPSA) is 92.4 Å². The summed E-state index contributed by atoms with van der Waals surface area (Å²) in [5.41, 5.74) is 2.60. The number of fused-ring (bicyclic) bond motifs is 1. The molecule has 41 heavy (non-hydrogen) atoms. The number of carboxylic acids is 1. The van der Waals surface area contributed by atoms with Crippen molar-refractivity contribution in [2.75, 3.05) is 38.4 Å². The lowest BCUT2D eigenvalue weighted by Crippen LogP contribution is -2.46. The van der Waals surface area contributed by atoms with Crippen LogP contribution in [0, 0.1) is 5.92 Å². The summed E-state index contributed by atoms with van der Waals surface area (Å²) in [6.07, 6.45) is 6.13. The van der Waals surface area contributed by atoms with E-state index in [2.05, 4.69) is 6.92 Å². The van der Waals surface area contributed by atoms with Gasteiger partial charge in [0, 0.05) is 31.1 Å². The third-order valence-corrected chi connectivity index (χ3v) is 8.09. The molecule has 0 bridgehead atoms. The Balaban J connectivity index is 1.49. The molecule has 0 spiro atoms. The van der Waals surface area contributed by atoms with Gasteiger partial charge in [-0.15, -0.1) is 0 Å². The van der Waals surface area contributed by atoms with Crippen molar-refractivity contribution in [2.24, 2.45) is 13.0 Å². The molecule has 2 aliphatic heterocycles. The Kier molecular flexibility index (Phi) is 8.73. The van der Waals surface area contributed by atoms with Crippen molar-refractivity contribution in [3.8, 4) is 17.2 Å². The molecule has 9 nitrogen and oxygen atoms in total. The monoisotopic (exact) mass is 560 g/mol. The Bertz CT molecular complexity index is 1400. The third-order valence-electron chi connectivity index (χ3n) is 8.09. The number of aryl methyl sites for hydroxylation is 1. The number of anilines is 1. The molecule has 1 amide bonds. The molecule has 2 aromatic carbocycles. The minimum Gasteiger partial charge on any atom is -0.496 e. The quantitative estimate of drug-likeness (QED) is 0.357. The summed E-state index contributed by atoms with van der Waals surface area (Å²) in [6, 6.07) is 16.7. The summed E-state index contributed by atoms with van der Waals surface area (Å²) in [5.74, 6) is -0.0508.